The Hall–Kier alpha value is -3.00. The maximum atomic E-state index is 13.1. The van der Waals surface area contributed by atoms with Crippen LogP contribution < -0.4 is 15.5 Å². The number of anilines is 1. The number of ether oxygens (including phenoxy) is 1. The lowest BCUT2D eigenvalue weighted by molar-refractivity contribution is -0.116. The van der Waals surface area contributed by atoms with Gasteiger partial charge in [-0.15, -0.1) is 10.2 Å². The van der Waals surface area contributed by atoms with Crippen molar-refractivity contribution >= 4 is 23.4 Å². The molecular formula is C20H21N5O2S. The summed E-state index contributed by atoms with van der Waals surface area (Å²) >= 11 is 1.42. The molecule has 0 radical (unpaired) electrons. The van der Waals surface area contributed by atoms with Crippen LogP contribution in [-0.2, 0) is 11.2 Å². The van der Waals surface area contributed by atoms with Crippen LogP contribution in [0.1, 0.15) is 24.4 Å². The number of carbonyl (C=O) groups excluding carboxylic acids is 1. The molecule has 8 heteroatoms. The number of carbonyl (C=O) groups is 1. The fourth-order valence-corrected chi connectivity index (χ4v) is 4.22. The summed E-state index contributed by atoms with van der Waals surface area (Å²) < 4.78 is 7.14. The van der Waals surface area contributed by atoms with Crippen molar-refractivity contribution in [1.29, 1.82) is 0 Å². The maximum Gasteiger partial charge on any atom is 0.240 e. The molecule has 4 rings (SSSR count). The Morgan fingerprint density at radius 1 is 1.18 bits per heavy atom. The Kier molecular flexibility index (Phi) is 5.21. The summed E-state index contributed by atoms with van der Waals surface area (Å²) in [4.78, 5) is 13.1. The summed E-state index contributed by atoms with van der Waals surface area (Å²) in [6.07, 6.45) is 0.747. The van der Waals surface area contributed by atoms with Crippen molar-refractivity contribution in [2.24, 2.45) is 0 Å². The van der Waals surface area contributed by atoms with Gasteiger partial charge in [0, 0.05) is 12.1 Å². The van der Waals surface area contributed by atoms with Crippen molar-refractivity contribution in [3.05, 3.63) is 66.0 Å². The Morgan fingerprint density at radius 2 is 1.93 bits per heavy atom. The quantitative estimate of drug-likeness (QED) is 0.690. The fraction of sp³-hybridized carbons (Fsp3) is 0.250. The molecule has 0 saturated heterocycles. The number of nitrogens with one attached hydrogen (secondary N) is 2. The third-order valence-electron chi connectivity index (χ3n) is 4.59. The molecule has 0 fully saturated rings. The van der Waals surface area contributed by atoms with E-state index in [9.17, 15) is 4.79 Å². The van der Waals surface area contributed by atoms with Crippen LogP contribution in [0.15, 0.2) is 59.8 Å². The van der Waals surface area contributed by atoms with Crippen LogP contribution in [0.3, 0.4) is 0 Å². The second kappa shape index (κ2) is 7.93. The van der Waals surface area contributed by atoms with Crippen LogP contribution in [-0.4, -0.2) is 33.1 Å². The predicted molar refractivity (Wildman–Crippen MR) is 109 cm³/mol. The standard InChI is InChI=1S/C20H21N5O2S/c1-3-16-22-23-20-25(16)24-17(13-9-11-15(27-2)12-10-13)18(28-20)19(26)21-14-7-5-4-6-8-14/h4-12,17-18,24H,3H2,1-2H3,(H,21,26)/t17-,18-/m0/s1. The van der Waals surface area contributed by atoms with Crippen LogP contribution in [0.2, 0.25) is 0 Å². The predicted octanol–water partition coefficient (Wildman–Crippen LogP) is 3.25. The van der Waals surface area contributed by atoms with E-state index < -0.39 is 5.25 Å². The molecule has 0 spiro atoms. The van der Waals surface area contributed by atoms with Gasteiger partial charge in [-0.2, -0.15) is 0 Å². The van der Waals surface area contributed by atoms with Crippen LogP contribution in [0.5, 0.6) is 5.75 Å². The van der Waals surface area contributed by atoms with Gasteiger partial charge in [0.1, 0.15) is 11.0 Å². The van der Waals surface area contributed by atoms with Gasteiger partial charge < -0.3 is 15.5 Å². The SMILES string of the molecule is CCc1nnc2n1N[C@@H](c1ccc(OC)cc1)[C@@H](C(=O)Nc1ccccc1)S2. The molecule has 0 unspecified atom stereocenters. The number of hydrogen-bond acceptors (Lipinski definition) is 6. The Balaban J connectivity index is 1.67. The van der Waals surface area contributed by atoms with E-state index in [1.54, 1.807) is 7.11 Å². The largest absolute Gasteiger partial charge is 0.497 e. The number of hydrogen-bond donors (Lipinski definition) is 2. The van der Waals surface area contributed by atoms with Gasteiger partial charge in [0.2, 0.25) is 11.1 Å². The lowest BCUT2D eigenvalue weighted by Crippen LogP contribution is -2.41. The van der Waals surface area contributed by atoms with Gasteiger partial charge in [-0.3, -0.25) is 4.79 Å². The Morgan fingerprint density at radius 3 is 2.61 bits per heavy atom. The molecule has 0 bridgehead atoms. The second-order valence-electron chi connectivity index (χ2n) is 6.36. The van der Waals surface area contributed by atoms with Crippen molar-refractivity contribution in [3.63, 3.8) is 0 Å². The van der Waals surface area contributed by atoms with Crippen molar-refractivity contribution < 1.29 is 9.53 Å². The molecule has 2 aromatic carbocycles. The summed E-state index contributed by atoms with van der Waals surface area (Å²) in [5.41, 5.74) is 5.19. The first kappa shape index (κ1) is 18.4. The van der Waals surface area contributed by atoms with Gasteiger partial charge in [0.25, 0.3) is 0 Å². The monoisotopic (exact) mass is 395 g/mol. The van der Waals surface area contributed by atoms with Gasteiger partial charge in [-0.05, 0) is 29.8 Å². The van der Waals surface area contributed by atoms with E-state index >= 15 is 0 Å². The molecular weight excluding hydrogens is 374 g/mol. The minimum Gasteiger partial charge on any atom is -0.497 e. The first-order valence-electron chi connectivity index (χ1n) is 9.07. The van der Waals surface area contributed by atoms with E-state index in [1.807, 2.05) is 66.2 Å². The van der Waals surface area contributed by atoms with Crippen LogP contribution in [0.4, 0.5) is 5.69 Å². The number of benzene rings is 2. The summed E-state index contributed by atoms with van der Waals surface area (Å²) in [6, 6.07) is 17.0. The lowest BCUT2D eigenvalue weighted by atomic mass is 10.0. The van der Waals surface area contributed by atoms with Gasteiger partial charge in [0.05, 0.1) is 13.2 Å². The minimum absolute atomic E-state index is 0.0863. The number of amides is 1. The molecule has 2 N–H and O–H groups in total. The molecule has 3 aromatic rings. The maximum absolute atomic E-state index is 13.1. The Bertz CT molecular complexity index is 958. The molecule has 1 aliphatic heterocycles. The third-order valence-corrected chi connectivity index (χ3v) is 5.81. The third kappa shape index (κ3) is 3.55. The summed E-state index contributed by atoms with van der Waals surface area (Å²) in [5, 5.41) is 11.7. The zero-order valence-electron chi connectivity index (χ0n) is 15.6. The fourth-order valence-electron chi connectivity index (χ4n) is 3.12. The zero-order valence-corrected chi connectivity index (χ0v) is 16.4. The minimum atomic E-state index is -0.407. The first-order chi connectivity index (χ1) is 13.7. The van der Waals surface area contributed by atoms with E-state index in [4.69, 9.17) is 4.74 Å². The molecule has 144 valence electrons. The normalized spacial score (nSPS) is 18.1. The average Bonchev–Trinajstić information content (AvgIpc) is 3.15. The van der Waals surface area contributed by atoms with Gasteiger partial charge in [-0.25, -0.2) is 4.68 Å². The van der Waals surface area contributed by atoms with Crippen molar-refractivity contribution in [2.45, 2.75) is 29.8 Å². The highest BCUT2D eigenvalue weighted by molar-refractivity contribution is 8.00. The zero-order chi connectivity index (χ0) is 19.5. The van der Waals surface area contributed by atoms with Gasteiger partial charge in [0.15, 0.2) is 5.82 Å². The highest BCUT2D eigenvalue weighted by atomic mass is 32.2. The van der Waals surface area contributed by atoms with E-state index in [-0.39, 0.29) is 11.9 Å². The number of methoxy groups -OCH3 is 1. The molecule has 0 saturated carbocycles. The topological polar surface area (TPSA) is 81.1 Å². The van der Waals surface area contributed by atoms with E-state index in [0.29, 0.717) is 5.16 Å². The van der Waals surface area contributed by atoms with Crippen molar-refractivity contribution in [2.75, 3.05) is 17.9 Å². The molecule has 1 aliphatic rings. The van der Waals surface area contributed by atoms with E-state index in [0.717, 1.165) is 29.2 Å². The summed E-state index contributed by atoms with van der Waals surface area (Å²) in [7, 11) is 1.64. The van der Waals surface area contributed by atoms with Gasteiger partial charge >= 0.3 is 0 Å². The number of aryl methyl sites for hydroxylation is 1. The molecule has 28 heavy (non-hydrogen) atoms. The molecule has 1 aromatic heterocycles. The van der Waals surface area contributed by atoms with Crippen molar-refractivity contribution in [1.82, 2.24) is 14.9 Å². The van der Waals surface area contributed by atoms with Gasteiger partial charge in [-0.1, -0.05) is 49.0 Å². The van der Waals surface area contributed by atoms with E-state index in [1.165, 1.54) is 11.8 Å². The summed E-state index contributed by atoms with van der Waals surface area (Å²) in [6.45, 7) is 2.03. The number of para-hydroxylation sites is 1. The number of rotatable bonds is 5. The van der Waals surface area contributed by atoms with Crippen LogP contribution in [0.25, 0.3) is 0 Å². The molecule has 0 aliphatic carbocycles. The average molecular weight is 395 g/mol. The number of aromatic nitrogens is 3. The van der Waals surface area contributed by atoms with Crippen molar-refractivity contribution in [3.8, 4) is 5.75 Å². The molecule has 2 heterocycles. The Labute approximate surface area is 167 Å². The van der Waals surface area contributed by atoms with E-state index in [2.05, 4.69) is 20.9 Å². The number of fused-ring (bicyclic) bond motifs is 1. The summed E-state index contributed by atoms with van der Waals surface area (Å²) in [5.74, 6) is 1.52. The first-order valence-corrected chi connectivity index (χ1v) is 9.95. The number of nitrogens with zero attached hydrogens (tertiary/aromatic N) is 3. The lowest BCUT2D eigenvalue weighted by Gasteiger charge is -2.33. The second-order valence-corrected chi connectivity index (χ2v) is 7.47. The van der Waals surface area contributed by atoms with Crippen LogP contribution >= 0.6 is 11.8 Å². The number of thioether (sulfide) groups is 1. The molecule has 1 amide bonds. The highest BCUT2D eigenvalue weighted by Gasteiger charge is 2.37. The van der Waals surface area contributed by atoms with Crippen LogP contribution in [0, 0.1) is 0 Å². The highest BCUT2D eigenvalue weighted by Crippen LogP contribution is 2.38. The molecule has 2 atom stereocenters. The molecule has 7 nitrogen and oxygen atoms in total. The smallest absolute Gasteiger partial charge is 0.240 e.